The maximum absolute atomic E-state index is 9.72. The van der Waals surface area contributed by atoms with Gasteiger partial charge in [0.15, 0.2) is 0 Å². The molecule has 2 rings (SSSR count). The van der Waals surface area contributed by atoms with Crippen molar-refractivity contribution in [3.63, 3.8) is 0 Å². The van der Waals surface area contributed by atoms with Crippen molar-refractivity contribution in [1.29, 1.82) is 0 Å². The summed E-state index contributed by atoms with van der Waals surface area (Å²) in [6.45, 7) is 0. The van der Waals surface area contributed by atoms with E-state index in [9.17, 15) is 5.11 Å². The maximum Gasteiger partial charge on any atom is 0.230 e. The van der Waals surface area contributed by atoms with Crippen LogP contribution < -0.4 is 5.73 Å². The van der Waals surface area contributed by atoms with Crippen LogP contribution in [-0.2, 0) is 0 Å². The first-order chi connectivity index (χ1) is 6.70. The number of hydrogen-bond donors (Lipinski definition) is 2. The highest BCUT2D eigenvalue weighted by Crippen LogP contribution is 2.37. The molecule has 4 nitrogen and oxygen atoms in total. The quantitative estimate of drug-likeness (QED) is 0.820. The summed E-state index contributed by atoms with van der Waals surface area (Å²) in [6, 6.07) is 5.27. The Hall–Kier alpha value is -1.49. The van der Waals surface area contributed by atoms with Crippen LogP contribution in [0.1, 0.15) is 0 Å². The molecule has 1 heterocycles. The number of aromatic hydroxyl groups is 1. The van der Waals surface area contributed by atoms with Crippen LogP contribution in [0.15, 0.2) is 33.4 Å². The fraction of sp³-hybridized carbons (Fsp3) is 0. The average molecular weight is 255 g/mol. The summed E-state index contributed by atoms with van der Waals surface area (Å²) in [5.74, 6) is 0.320. The number of phenols is 1. The standard InChI is InChI=1S/C9H7BrN2O2/c10-7-3-1-2-5(8(7)13)6-4-12-14-9(6)11/h1-4,13H,11H2. The van der Waals surface area contributed by atoms with Crippen LogP contribution in [0, 0.1) is 0 Å². The maximum atomic E-state index is 9.72. The fourth-order valence-corrected chi connectivity index (χ4v) is 1.55. The molecule has 0 aliphatic rings. The number of nitrogens with two attached hydrogens (primary N) is 1. The van der Waals surface area contributed by atoms with Crippen molar-refractivity contribution in [1.82, 2.24) is 5.16 Å². The average Bonchev–Trinajstić information content (AvgIpc) is 2.57. The van der Waals surface area contributed by atoms with Gasteiger partial charge in [0.05, 0.1) is 16.2 Å². The molecule has 72 valence electrons. The normalized spacial score (nSPS) is 10.4. The van der Waals surface area contributed by atoms with Crippen LogP contribution in [0.2, 0.25) is 0 Å². The van der Waals surface area contributed by atoms with E-state index in [0.717, 1.165) is 0 Å². The van der Waals surface area contributed by atoms with Crippen LogP contribution >= 0.6 is 15.9 Å². The predicted molar refractivity (Wildman–Crippen MR) is 55.7 cm³/mol. The lowest BCUT2D eigenvalue weighted by Gasteiger charge is -2.03. The third kappa shape index (κ3) is 1.35. The van der Waals surface area contributed by atoms with Gasteiger partial charge >= 0.3 is 0 Å². The number of rotatable bonds is 1. The first kappa shape index (κ1) is 9.08. The Labute approximate surface area is 88.5 Å². The summed E-state index contributed by atoms with van der Waals surface area (Å²) >= 11 is 3.21. The molecule has 0 aliphatic heterocycles. The zero-order valence-corrected chi connectivity index (χ0v) is 8.65. The Morgan fingerprint density at radius 2 is 2.14 bits per heavy atom. The number of nitrogen functional groups attached to an aromatic ring is 1. The van der Waals surface area contributed by atoms with E-state index in [2.05, 4.69) is 21.1 Å². The van der Waals surface area contributed by atoms with Gasteiger partial charge in [-0.05, 0) is 22.0 Å². The smallest absolute Gasteiger partial charge is 0.230 e. The molecule has 0 bridgehead atoms. The van der Waals surface area contributed by atoms with E-state index >= 15 is 0 Å². The number of para-hydroxylation sites is 1. The van der Waals surface area contributed by atoms with Gasteiger partial charge in [-0.3, -0.25) is 0 Å². The van der Waals surface area contributed by atoms with E-state index in [1.54, 1.807) is 18.2 Å². The lowest BCUT2D eigenvalue weighted by molar-refractivity contribution is 0.436. The van der Waals surface area contributed by atoms with Crippen molar-refractivity contribution in [2.75, 3.05) is 5.73 Å². The first-order valence-corrected chi connectivity index (χ1v) is 4.67. The summed E-state index contributed by atoms with van der Waals surface area (Å²) < 4.78 is 5.32. The van der Waals surface area contributed by atoms with E-state index in [-0.39, 0.29) is 11.6 Å². The minimum absolute atomic E-state index is 0.127. The van der Waals surface area contributed by atoms with Gasteiger partial charge in [0, 0.05) is 5.56 Å². The Kier molecular flexibility index (Phi) is 2.17. The number of benzene rings is 1. The lowest BCUT2D eigenvalue weighted by Crippen LogP contribution is -1.85. The fourth-order valence-electron chi connectivity index (χ4n) is 1.18. The molecule has 0 spiro atoms. The number of hydrogen-bond acceptors (Lipinski definition) is 4. The van der Waals surface area contributed by atoms with Crippen LogP contribution in [-0.4, -0.2) is 10.3 Å². The molecule has 0 unspecified atom stereocenters. The van der Waals surface area contributed by atoms with Crippen molar-refractivity contribution >= 4 is 21.8 Å². The Morgan fingerprint density at radius 1 is 1.36 bits per heavy atom. The highest BCUT2D eigenvalue weighted by Gasteiger charge is 2.12. The molecule has 0 atom stereocenters. The van der Waals surface area contributed by atoms with Crippen molar-refractivity contribution in [3.8, 4) is 16.9 Å². The van der Waals surface area contributed by atoms with Crippen molar-refractivity contribution in [2.24, 2.45) is 0 Å². The van der Waals surface area contributed by atoms with Crippen molar-refractivity contribution in [2.45, 2.75) is 0 Å². The summed E-state index contributed by atoms with van der Waals surface area (Å²) in [7, 11) is 0. The van der Waals surface area contributed by atoms with Gasteiger partial charge in [-0.25, -0.2) is 0 Å². The highest BCUT2D eigenvalue weighted by atomic mass is 79.9. The molecule has 0 aliphatic carbocycles. The number of nitrogens with zero attached hydrogens (tertiary/aromatic N) is 1. The van der Waals surface area contributed by atoms with Gasteiger partial charge in [-0.15, -0.1) is 0 Å². The number of anilines is 1. The third-order valence-electron chi connectivity index (χ3n) is 1.88. The molecular weight excluding hydrogens is 248 g/mol. The Bertz CT molecular complexity index is 468. The van der Waals surface area contributed by atoms with Gasteiger partial charge in [0.2, 0.25) is 5.88 Å². The summed E-state index contributed by atoms with van der Waals surface area (Å²) in [6.07, 6.45) is 1.47. The molecule has 1 aromatic heterocycles. The second-order valence-corrected chi connectivity index (χ2v) is 3.59. The summed E-state index contributed by atoms with van der Waals surface area (Å²) in [5, 5.41) is 13.3. The van der Waals surface area contributed by atoms with Crippen LogP contribution in [0.5, 0.6) is 5.75 Å². The third-order valence-corrected chi connectivity index (χ3v) is 2.52. The van der Waals surface area contributed by atoms with Crippen LogP contribution in [0.25, 0.3) is 11.1 Å². The predicted octanol–water partition coefficient (Wildman–Crippen LogP) is 2.39. The number of halogens is 1. The first-order valence-electron chi connectivity index (χ1n) is 3.88. The minimum atomic E-state index is 0.127. The van der Waals surface area contributed by atoms with E-state index < -0.39 is 0 Å². The van der Waals surface area contributed by atoms with E-state index in [4.69, 9.17) is 10.3 Å². The highest BCUT2D eigenvalue weighted by molar-refractivity contribution is 9.10. The topological polar surface area (TPSA) is 72.3 Å². The monoisotopic (exact) mass is 254 g/mol. The summed E-state index contributed by atoms with van der Waals surface area (Å²) in [5.41, 5.74) is 6.72. The molecule has 0 radical (unpaired) electrons. The zero-order valence-electron chi connectivity index (χ0n) is 7.07. The van der Waals surface area contributed by atoms with Gasteiger partial charge in [0.1, 0.15) is 5.75 Å². The molecular formula is C9H7BrN2O2. The van der Waals surface area contributed by atoms with Crippen LogP contribution in [0.4, 0.5) is 5.88 Å². The molecule has 0 amide bonds. The second kappa shape index (κ2) is 3.34. The van der Waals surface area contributed by atoms with Crippen molar-refractivity contribution < 1.29 is 9.63 Å². The van der Waals surface area contributed by atoms with Gasteiger partial charge in [0.25, 0.3) is 0 Å². The SMILES string of the molecule is Nc1oncc1-c1cccc(Br)c1O. The van der Waals surface area contributed by atoms with E-state index in [1.807, 2.05) is 0 Å². The molecule has 14 heavy (non-hydrogen) atoms. The molecule has 3 N–H and O–H groups in total. The van der Waals surface area contributed by atoms with E-state index in [1.165, 1.54) is 6.20 Å². The Balaban J connectivity index is 2.63. The molecule has 0 fully saturated rings. The number of aromatic nitrogens is 1. The van der Waals surface area contributed by atoms with Crippen molar-refractivity contribution in [3.05, 3.63) is 28.9 Å². The molecule has 0 saturated carbocycles. The summed E-state index contributed by atoms with van der Waals surface area (Å²) in [4.78, 5) is 0. The second-order valence-electron chi connectivity index (χ2n) is 2.74. The number of phenolic OH excluding ortho intramolecular Hbond substituents is 1. The van der Waals surface area contributed by atoms with Crippen LogP contribution in [0.3, 0.4) is 0 Å². The lowest BCUT2D eigenvalue weighted by atomic mass is 10.1. The van der Waals surface area contributed by atoms with Gasteiger partial charge < -0.3 is 15.4 Å². The van der Waals surface area contributed by atoms with E-state index in [0.29, 0.717) is 15.6 Å². The molecule has 5 heteroatoms. The molecule has 0 saturated heterocycles. The largest absolute Gasteiger partial charge is 0.506 e. The Morgan fingerprint density at radius 3 is 2.79 bits per heavy atom. The molecule has 1 aromatic carbocycles. The van der Waals surface area contributed by atoms with Gasteiger partial charge in [-0.1, -0.05) is 17.3 Å². The zero-order chi connectivity index (χ0) is 10.1. The minimum Gasteiger partial charge on any atom is -0.506 e. The van der Waals surface area contributed by atoms with Gasteiger partial charge in [-0.2, -0.15) is 0 Å². The molecule has 2 aromatic rings.